The van der Waals surface area contributed by atoms with E-state index >= 15 is 0 Å². The number of ether oxygens (including phenoxy) is 1. The standard InChI is InChI=1S/C12H11Cl2NO3/c1-12(5-10(16)17)6-18-11(15-12)7-2-3-8(13)9(14)4-7/h2-4H,5-6H2,1H3,(H,16,17). The van der Waals surface area contributed by atoms with Gasteiger partial charge in [-0.1, -0.05) is 23.2 Å². The van der Waals surface area contributed by atoms with Gasteiger partial charge in [0, 0.05) is 5.56 Å². The molecule has 0 spiro atoms. The molecule has 1 aromatic rings. The smallest absolute Gasteiger partial charge is 0.305 e. The number of rotatable bonds is 3. The van der Waals surface area contributed by atoms with Gasteiger partial charge in [0.2, 0.25) is 5.90 Å². The summed E-state index contributed by atoms with van der Waals surface area (Å²) in [4.78, 5) is 15.1. The molecule has 0 saturated heterocycles. The van der Waals surface area contributed by atoms with Crippen LogP contribution in [-0.2, 0) is 9.53 Å². The fourth-order valence-corrected chi connectivity index (χ4v) is 2.03. The number of benzene rings is 1. The van der Waals surface area contributed by atoms with Gasteiger partial charge in [-0.2, -0.15) is 0 Å². The molecule has 18 heavy (non-hydrogen) atoms. The summed E-state index contributed by atoms with van der Waals surface area (Å²) >= 11 is 11.7. The lowest BCUT2D eigenvalue weighted by molar-refractivity contribution is -0.138. The van der Waals surface area contributed by atoms with Gasteiger partial charge in [0.25, 0.3) is 0 Å². The van der Waals surface area contributed by atoms with Gasteiger partial charge in [-0.05, 0) is 25.1 Å². The number of hydrogen-bond donors (Lipinski definition) is 1. The first-order chi connectivity index (χ1) is 8.39. The Labute approximate surface area is 114 Å². The van der Waals surface area contributed by atoms with Crippen molar-refractivity contribution in [3.63, 3.8) is 0 Å². The zero-order valence-electron chi connectivity index (χ0n) is 9.61. The molecule has 0 aliphatic carbocycles. The molecule has 0 amide bonds. The Morgan fingerprint density at radius 2 is 2.22 bits per heavy atom. The van der Waals surface area contributed by atoms with Crippen molar-refractivity contribution < 1.29 is 14.6 Å². The average Bonchev–Trinajstić information content (AvgIpc) is 2.63. The van der Waals surface area contributed by atoms with Crippen molar-refractivity contribution in [2.75, 3.05) is 6.61 Å². The van der Waals surface area contributed by atoms with Gasteiger partial charge in [-0.25, -0.2) is 4.99 Å². The van der Waals surface area contributed by atoms with Crippen LogP contribution in [0.3, 0.4) is 0 Å². The summed E-state index contributed by atoms with van der Waals surface area (Å²) in [6.45, 7) is 1.99. The number of hydrogen-bond acceptors (Lipinski definition) is 3. The molecule has 0 fully saturated rings. The van der Waals surface area contributed by atoms with Crippen molar-refractivity contribution in [3.8, 4) is 0 Å². The highest BCUT2D eigenvalue weighted by Gasteiger charge is 2.34. The lowest BCUT2D eigenvalue weighted by atomic mass is 10.0. The molecule has 2 rings (SSSR count). The van der Waals surface area contributed by atoms with Crippen molar-refractivity contribution in [1.29, 1.82) is 0 Å². The van der Waals surface area contributed by atoms with E-state index in [0.717, 1.165) is 0 Å². The Bertz CT molecular complexity index is 530. The van der Waals surface area contributed by atoms with Gasteiger partial charge in [0.1, 0.15) is 12.1 Å². The summed E-state index contributed by atoms with van der Waals surface area (Å²) in [6.07, 6.45) is -0.0716. The fourth-order valence-electron chi connectivity index (χ4n) is 1.73. The van der Waals surface area contributed by atoms with E-state index in [-0.39, 0.29) is 13.0 Å². The topological polar surface area (TPSA) is 58.9 Å². The van der Waals surface area contributed by atoms with E-state index in [1.807, 2.05) is 0 Å². The molecular formula is C12H11Cl2NO3. The second kappa shape index (κ2) is 4.78. The monoisotopic (exact) mass is 287 g/mol. The lowest BCUT2D eigenvalue weighted by Crippen LogP contribution is -2.27. The van der Waals surface area contributed by atoms with E-state index in [1.54, 1.807) is 25.1 Å². The minimum atomic E-state index is -0.903. The van der Waals surface area contributed by atoms with Crippen molar-refractivity contribution in [2.45, 2.75) is 18.9 Å². The van der Waals surface area contributed by atoms with Crippen LogP contribution < -0.4 is 0 Å². The van der Waals surface area contributed by atoms with Crippen molar-refractivity contribution >= 4 is 35.1 Å². The molecule has 96 valence electrons. The van der Waals surface area contributed by atoms with E-state index in [0.29, 0.717) is 21.5 Å². The van der Waals surface area contributed by atoms with E-state index < -0.39 is 11.5 Å². The highest BCUT2D eigenvalue weighted by Crippen LogP contribution is 2.28. The van der Waals surface area contributed by atoms with E-state index in [1.165, 1.54) is 0 Å². The maximum atomic E-state index is 10.7. The Hall–Kier alpha value is -1.26. The maximum absolute atomic E-state index is 10.7. The predicted octanol–water partition coefficient (Wildman–Crippen LogP) is 3.00. The van der Waals surface area contributed by atoms with Crippen LogP contribution in [-0.4, -0.2) is 29.1 Å². The number of aliphatic carboxylic acids is 1. The zero-order valence-corrected chi connectivity index (χ0v) is 11.1. The van der Waals surface area contributed by atoms with Crippen LogP contribution >= 0.6 is 23.2 Å². The van der Waals surface area contributed by atoms with Gasteiger partial charge in [0.15, 0.2) is 0 Å². The molecule has 0 aromatic heterocycles. The molecule has 0 bridgehead atoms. The molecule has 1 heterocycles. The Balaban J connectivity index is 2.27. The third-order valence-corrected chi connectivity index (χ3v) is 3.33. The molecule has 4 nitrogen and oxygen atoms in total. The highest BCUT2D eigenvalue weighted by molar-refractivity contribution is 6.42. The summed E-state index contributed by atoms with van der Waals surface area (Å²) in [5.41, 5.74) is -0.0358. The van der Waals surface area contributed by atoms with Crippen LogP contribution in [0.2, 0.25) is 10.0 Å². The summed E-state index contributed by atoms with van der Waals surface area (Å²) < 4.78 is 5.44. The van der Waals surface area contributed by atoms with Crippen LogP contribution in [0.25, 0.3) is 0 Å². The molecule has 0 radical (unpaired) electrons. The number of carbonyl (C=O) groups is 1. The summed E-state index contributed by atoms with van der Waals surface area (Å²) in [5, 5.41) is 9.67. The minimum Gasteiger partial charge on any atom is -0.481 e. The average molecular weight is 288 g/mol. The number of nitrogens with zero attached hydrogens (tertiary/aromatic N) is 1. The first kappa shape index (κ1) is 13.2. The molecule has 1 aromatic carbocycles. The van der Waals surface area contributed by atoms with Crippen LogP contribution in [0.4, 0.5) is 0 Å². The number of aliphatic imine (C=N–C) groups is 1. The summed E-state index contributed by atoms with van der Waals surface area (Å²) in [7, 11) is 0. The number of halogens is 2. The Kier molecular flexibility index (Phi) is 3.50. The second-order valence-electron chi connectivity index (χ2n) is 4.40. The third kappa shape index (κ3) is 2.76. The van der Waals surface area contributed by atoms with E-state index in [9.17, 15) is 4.79 Å². The van der Waals surface area contributed by atoms with Crippen molar-refractivity contribution in [1.82, 2.24) is 0 Å². The SMILES string of the molecule is CC1(CC(=O)O)COC(c2ccc(Cl)c(Cl)c2)=N1. The zero-order chi connectivity index (χ0) is 13.3. The maximum Gasteiger partial charge on any atom is 0.305 e. The van der Waals surface area contributed by atoms with Gasteiger partial charge >= 0.3 is 5.97 Å². The van der Waals surface area contributed by atoms with Crippen LogP contribution in [0.5, 0.6) is 0 Å². The molecule has 1 unspecified atom stereocenters. The minimum absolute atomic E-state index is 0.0716. The first-order valence-electron chi connectivity index (χ1n) is 5.29. The number of carboxylic acid groups (broad SMARTS) is 1. The van der Waals surface area contributed by atoms with Crippen molar-refractivity contribution in [2.24, 2.45) is 4.99 Å². The van der Waals surface area contributed by atoms with Gasteiger partial charge in [0.05, 0.1) is 16.5 Å². The van der Waals surface area contributed by atoms with Gasteiger partial charge < -0.3 is 9.84 Å². The third-order valence-electron chi connectivity index (χ3n) is 2.59. The lowest BCUT2D eigenvalue weighted by Gasteiger charge is -2.14. The number of carboxylic acids is 1. The Morgan fingerprint density at radius 1 is 1.50 bits per heavy atom. The predicted molar refractivity (Wildman–Crippen MR) is 69.6 cm³/mol. The molecule has 1 atom stereocenters. The molecule has 0 saturated carbocycles. The van der Waals surface area contributed by atoms with Crippen LogP contribution in [0.1, 0.15) is 18.9 Å². The normalized spacial score (nSPS) is 22.5. The van der Waals surface area contributed by atoms with Crippen LogP contribution in [0.15, 0.2) is 23.2 Å². The summed E-state index contributed by atoms with van der Waals surface area (Å²) in [5.74, 6) is -0.502. The van der Waals surface area contributed by atoms with E-state index in [2.05, 4.69) is 4.99 Å². The largest absolute Gasteiger partial charge is 0.481 e. The quantitative estimate of drug-likeness (QED) is 0.930. The fraction of sp³-hybridized carbons (Fsp3) is 0.333. The van der Waals surface area contributed by atoms with Gasteiger partial charge in [-0.3, -0.25) is 4.79 Å². The first-order valence-corrected chi connectivity index (χ1v) is 6.05. The molecule has 1 N–H and O–H groups in total. The second-order valence-corrected chi connectivity index (χ2v) is 5.22. The van der Waals surface area contributed by atoms with Gasteiger partial charge in [-0.15, -0.1) is 0 Å². The van der Waals surface area contributed by atoms with Crippen LogP contribution in [0, 0.1) is 0 Å². The molecular weight excluding hydrogens is 277 g/mol. The Morgan fingerprint density at radius 3 is 2.83 bits per heavy atom. The summed E-state index contributed by atoms with van der Waals surface area (Å²) in [6, 6.07) is 5.03. The molecule has 6 heteroatoms. The van der Waals surface area contributed by atoms with E-state index in [4.69, 9.17) is 33.0 Å². The molecule has 1 aliphatic heterocycles. The van der Waals surface area contributed by atoms with Crippen molar-refractivity contribution in [3.05, 3.63) is 33.8 Å². The molecule has 1 aliphatic rings. The highest BCUT2D eigenvalue weighted by atomic mass is 35.5.